The molecule has 0 aliphatic carbocycles. The van der Waals surface area contributed by atoms with Crippen LogP contribution in [0.4, 0.5) is 0 Å². The van der Waals surface area contributed by atoms with Crippen LogP contribution in [0.5, 0.6) is 0 Å². The molecule has 0 bridgehead atoms. The quantitative estimate of drug-likeness (QED) is 0.542. The Labute approximate surface area is 70.8 Å². The molecule has 1 atom stereocenters. The minimum absolute atomic E-state index is 0.553. The maximum Gasteiger partial charge on any atom is 0.0700 e. The molecule has 2 saturated heterocycles. The van der Waals surface area contributed by atoms with Crippen molar-refractivity contribution in [1.82, 2.24) is 4.90 Å². The Morgan fingerprint density at radius 1 is 1.36 bits per heavy atom. The van der Waals surface area contributed by atoms with Gasteiger partial charge in [-0.25, -0.2) is 0 Å². The molecule has 2 aliphatic heterocycles. The summed E-state index contributed by atoms with van der Waals surface area (Å²) in [5.74, 6) is 0.882. The topological polar surface area (TPSA) is 3.24 Å². The zero-order valence-electron chi connectivity index (χ0n) is 7.93. The predicted octanol–water partition coefficient (Wildman–Crippen LogP) is 1.96. The van der Waals surface area contributed by atoms with Gasteiger partial charge in [-0.3, -0.25) is 0 Å². The van der Waals surface area contributed by atoms with Crippen molar-refractivity contribution in [2.75, 3.05) is 13.2 Å². The number of hydrogen-bond donors (Lipinski definition) is 0. The molecule has 0 unspecified atom stereocenters. The molecule has 2 aliphatic rings. The summed E-state index contributed by atoms with van der Waals surface area (Å²) in [6.07, 6.45) is 1.51. The largest absolute Gasteiger partial charge is 0.306 e. The lowest BCUT2D eigenvalue weighted by molar-refractivity contribution is 0.259. The average Bonchev–Trinajstić information content (AvgIpc) is 2.54. The van der Waals surface area contributed by atoms with Crippen LogP contribution < -0.4 is 0 Å². The molecule has 2 rings (SSSR count). The minimum atomic E-state index is -0.553. The van der Waals surface area contributed by atoms with Crippen molar-refractivity contribution in [3.63, 3.8) is 0 Å². The zero-order valence-corrected chi connectivity index (χ0v) is 8.93. The Balaban J connectivity index is 2.02. The number of rotatable bonds is 1. The molecule has 0 radical (unpaired) electrons. The van der Waals surface area contributed by atoms with Gasteiger partial charge >= 0.3 is 0 Å². The van der Waals surface area contributed by atoms with Crippen molar-refractivity contribution < 1.29 is 0 Å². The molecular weight excluding hydrogens is 150 g/mol. The summed E-state index contributed by atoms with van der Waals surface area (Å²) in [6, 6.07) is 5.83. The van der Waals surface area contributed by atoms with Gasteiger partial charge in [-0.05, 0) is 25.2 Å². The Hall–Kier alpha value is 0.177. The van der Waals surface area contributed by atoms with E-state index in [1.165, 1.54) is 6.17 Å². The van der Waals surface area contributed by atoms with E-state index in [9.17, 15) is 0 Å². The fourth-order valence-electron chi connectivity index (χ4n) is 2.59. The highest BCUT2D eigenvalue weighted by atomic mass is 28.3. The van der Waals surface area contributed by atoms with Crippen molar-refractivity contribution >= 4 is 8.07 Å². The van der Waals surface area contributed by atoms with Crippen LogP contribution in [0.25, 0.3) is 0 Å². The maximum absolute atomic E-state index is 2.63. The van der Waals surface area contributed by atoms with E-state index >= 15 is 0 Å². The highest BCUT2D eigenvalue weighted by Crippen LogP contribution is 2.47. The molecule has 2 heteroatoms. The third kappa shape index (κ3) is 1.27. The van der Waals surface area contributed by atoms with Gasteiger partial charge in [0.1, 0.15) is 0 Å². The van der Waals surface area contributed by atoms with Gasteiger partial charge < -0.3 is 4.90 Å². The third-order valence-corrected chi connectivity index (χ3v) is 7.89. The average molecular weight is 169 g/mol. The first kappa shape index (κ1) is 7.81. The molecule has 0 aromatic rings. The van der Waals surface area contributed by atoms with Gasteiger partial charge in [-0.15, -0.1) is 0 Å². The molecule has 2 heterocycles. The van der Waals surface area contributed by atoms with Crippen LogP contribution in [0.15, 0.2) is 0 Å². The predicted molar refractivity (Wildman–Crippen MR) is 51.4 cm³/mol. The van der Waals surface area contributed by atoms with Gasteiger partial charge in [-0.1, -0.05) is 25.9 Å². The van der Waals surface area contributed by atoms with Gasteiger partial charge in [0.15, 0.2) is 0 Å². The Bertz CT molecular complexity index is 163. The lowest BCUT2D eigenvalue weighted by atomic mass is 10.1. The van der Waals surface area contributed by atoms with Gasteiger partial charge in [-0.2, -0.15) is 0 Å². The van der Waals surface area contributed by atoms with E-state index in [-0.39, 0.29) is 0 Å². The van der Waals surface area contributed by atoms with Gasteiger partial charge in [0.2, 0.25) is 0 Å². The molecule has 2 fully saturated rings. The van der Waals surface area contributed by atoms with Crippen LogP contribution in [0.1, 0.15) is 13.8 Å². The molecule has 0 N–H and O–H groups in total. The van der Waals surface area contributed by atoms with E-state index in [4.69, 9.17) is 0 Å². The first-order valence-corrected chi connectivity index (χ1v) is 7.66. The van der Waals surface area contributed by atoms with Crippen molar-refractivity contribution in [3.8, 4) is 0 Å². The second-order valence-electron chi connectivity index (χ2n) is 4.93. The van der Waals surface area contributed by atoms with E-state index in [2.05, 4.69) is 25.8 Å². The van der Waals surface area contributed by atoms with Gasteiger partial charge in [0.25, 0.3) is 0 Å². The summed E-state index contributed by atoms with van der Waals surface area (Å²) < 4.78 is 0. The highest BCUT2D eigenvalue weighted by Gasteiger charge is 2.53. The summed E-state index contributed by atoms with van der Waals surface area (Å²) in [4.78, 5) is 2.63. The number of nitrogens with zero attached hydrogens (tertiary/aromatic N) is 1. The van der Waals surface area contributed by atoms with E-state index in [0.717, 1.165) is 12.0 Å². The van der Waals surface area contributed by atoms with Crippen LogP contribution in [-0.2, 0) is 0 Å². The molecule has 0 aromatic carbocycles. The third-order valence-electron chi connectivity index (χ3n) is 3.52. The van der Waals surface area contributed by atoms with Crippen molar-refractivity contribution in [1.29, 1.82) is 0 Å². The first-order valence-electron chi connectivity index (χ1n) is 4.83. The summed E-state index contributed by atoms with van der Waals surface area (Å²) in [5, 5.41) is 0. The molecular formula is C9H19NSi. The molecule has 11 heavy (non-hydrogen) atoms. The van der Waals surface area contributed by atoms with Crippen LogP contribution in [0.3, 0.4) is 0 Å². The molecule has 0 saturated carbocycles. The number of hydrogen-bond acceptors (Lipinski definition) is 1. The monoisotopic (exact) mass is 169 g/mol. The van der Waals surface area contributed by atoms with Gasteiger partial charge in [0, 0.05) is 6.04 Å². The van der Waals surface area contributed by atoms with Crippen LogP contribution >= 0.6 is 0 Å². The maximum atomic E-state index is 2.63. The second-order valence-corrected chi connectivity index (χ2v) is 9.66. The molecule has 0 aromatic heterocycles. The summed E-state index contributed by atoms with van der Waals surface area (Å²) in [5.41, 5.74) is 0. The van der Waals surface area contributed by atoms with Crippen molar-refractivity contribution in [2.24, 2.45) is 5.92 Å². The van der Waals surface area contributed by atoms with E-state index in [1.807, 2.05) is 0 Å². The Kier molecular flexibility index (Phi) is 1.65. The summed E-state index contributed by atoms with van der Waals surface area (Å²) >= 11 is 0. The molecule has 1 nitrogen and oxygen atoms in total. The molecule has 1 spiro atoms. The first-order chi connectivity index (χ1) is 5.13. The standard InChI is InChI=1S/C9H19NSi/c1-8(2)9-6-11(4-5-11)7-10(9)3/h8-9H,4-7H2,1-3H3/t9-/m0/s1. The van der Waals surface area contributed by atoms with E-state index in [0.29, 0.717) is 0 Å². The van der Waals surface area contributed by atoms with Gasteiger partial charge in [0.05, 0.1) is 8.07 Å². The van der Waals surface area contributed by atoms with Crippen LogP contribution in [0.2, 0.25) is 18.1 Å². The fourth-order valence-corrected chi connectivity index (χ4v) is 7.82. The van der Waals surface area contributed by atoms with Crippen molar-refractivity contribution in [3.05, 3.63) is 0 Å². The minimum Gasteiger partial charge on any atom is -0.306 e. The SMILES string of the molecule is CC(C)[C@@H]1C[Si]2(CC2)CN1C. The lowest BCUT2D eigenvalue weighted by Crippen LogP contribution is -2.29. The summed E-state index contributed by atoms with van der Waals surface area (Å²) in [7, 11) is 1.77. The Morgan fingerprint density at radius 3 is 2.27 bits per heavy atom. The lowest BCUT2D eigenvalue weighted by Gasteiger charge is -2.22. The highest BCUT2D eigenvalue weighted by molar-refractivity contribution is 6.90. The second kappa shape index (κ2) is 2.33. The normalized spacial score (nSPS) is 35.5. The van der Waals surface area contributed by atoms with E-state index < -0.39 is 8.07 Å². The molecule has 64 valence electrons. The van der Waals surface area contributed by atoms with E-state index in [1.54, 1.807) is 18.1 Å². The smallest absolute Gasteiger partial charge is 0.0700 e. The fraction of sp³-hybridized carbons (Fsp3) is 1.00. The van der Waals surface area contributed by atoms with Crippen molar-refractivity contribution in [2.45, 2.75) is 38.0 Å². The molecule has 0 amide bonds. The zero-order chi connectivity index (χ0) is 8.06. The van der Waals surface area contributed by atoms with Crippen LogP contribution in [0, 0.1) is 5.92 Å². The van der Waals surface area contributed by atoms with Crippen LogP contribution in [-0.4, -0.2) is 32.2 Å². The summed E-state index contributed by atoms with van der Waals surface area (Å²) in [6.45, 7) is 4.74. The Morgan fingerprint density at radius 2 is 2.00 bits per heavy atom.